The Balaban J connectivity index is 1.67. The second kappa shape index (κ2) is 9.86. The van der Waals surface area contributed by atoms with Crippen LogP contribution in [0.4, 0.5) is 0 Å². The van der Waals surface area contributed by atoms with Crippen LogP contribution in [-0.4, -0.2) is 48.1 Å². The summed E-state index contributed by atoms with van der Waals surface area (Å²) in [6.45, 7) is 2.80. The van der Waals surface area contributed by atoms with Gasteiger partial charge in [0.25, 0.3) is 11.8 Å². The fourth-order valence-electron chi connectivity index (χ4n) is 1.92. The summed E-state index contributed by atoms with van der Waals surface area (Å²) in [6, 6.07) is 7.15. The van der Waals surface area contributed by atoms with Gasteiger partial charge in [-0.3, -0.25) is 14.6 Å². The second-order valence-corrected chi connectivity index (χ2v) is 4.86. The lowest BCUT2D eigenvalue weighted by Gasteiger charge is -2.11. The smallest absolute Gasteiger partial charge is 0.271 e. The number of amides is 2. The molecule has 1 heterocycles. The van der Waals surface area contributed by atoms with Gasteiger partial charge >= 0.3 is 0 Å². The summed E-state index contributed by atoms with van der Waals surface area (Å²) in [6.07, 6.45) is 4.30. The van der Waals surface area contributed by atoms with E-state index in [1.165, 1.54) is 18.6 Å². The van der Waals surface area contributed by atoms with E-state index in [0.717, 1.165) is 0 Å². The third kappa shape index (κ3) is 6.09. The number of para-hydroxylation sites is 2. The highest BCUT2D eigenvalue weighted by Crippen LogP contribution is 2.26. The van der Waals surface area contributed by atoms with Gasteiger partial charge in [-0.1, -0.05) is 12.1 Å². The Morgan fingerprint density at radius 2 is 1.76 bits per heavy atom. The monoisotopic (exact) mass is 344 g/mol. The molecule has 1 aromatic carbocycles. The maximum Gasteiger partial charge on any atom is 0.271 e. The van der Waals surface area contributed by atoms with E-state index in [0.29, 0.717) is 18.1 Å². The Kier molecular flexibility index (Phi) is 7.17. The summed E-state index contributed by atoms with van der Waals surface area (Å²) in [4.78, 5) is 31.2. The van der Waals surface area contributed by atoms with Gasteiger partial charge in [0.15, 0.2) is 18.1 Å². The van der Waals surface area contributed by atoms with Crippen LogP contribution in [0, 0.1) is 0 Å². The van der Waals surface area contributed by atoms with E-state index in [1.54, 1.807) is 18.2 Å². The zero-order valence-corrected chi connectivity index (χ0v) is 13.9. The predicted octanol–water partition coefficient (Wildman–Crippen LogP) is 0.800. The van der Waals surface area contributed by atoms with Crippen LogP contribution in [-0.2, 0) is 4.79 Å². The number of nitrogens with zero attached hydrogens (tertiary/aromatic N) is 2. The van der Waals surface area contributed by atoms with Crippen LogP contribution >= 0.6 is 0 Å². The van der Waals surface area contributed by atoms with Gasteiger partial charge in [-0.25, -0.2) is 4.98 Å². The zero-order valence-electron chi connectivity index (χ0n) is 13.9. The van der Waals surface area contributed by atoms with Crippen molar-refractivity contribution in [2.45, 2.75) is 6.92 Å². The molecule has 0 bridgehead atoms. The summed E-state index contributed by atoms with van der Waals surface area (Å²) >= 11 is 0. The molecule has 2 aromatic rings. The molecular formula is C17H20N4O4. The molecule has 0 radical (unpaired) electrons. The van der Waals surface area contributed by atoms with Crippen molar-refractivity contribution in [2.75, 3.05) is 26.3 Å². The minimum absolute atomic E-state index is 0.137. The summed E-state index contributed by atoms with van der Waals surface area (Å²) in [5.74, 6) is 0.466. The molecule has 2 amide bonds. The van der Waals surface area contributed by atoms with Crippen LogP contribution in [0.1, 0.15) is 17.4 Å². The lowest BCUT2D eigenvalue weighted by atomic mass is 10.3. The van der Waals surface area contributed by atoms with Gasteiger partial charge in [0, 0.05) is 25.5 Å². The van der Waals surface area contributed by atoms with Crippen molar-refractivity contribution < 1.29 is 19.1 Å². The van der Waals surface area contributed by atoms with Gasteiger partial charge in [-0.15, -0.1) is 0 Å². The number of hydrogen-bond acceptors (Lipinski definition) is 6. The molecule has 8 nitrogen and oxygen atoms in total. The van der Waals surface area contributed by atoms with Crippen molar-refractivity contribution >= 4 is 11.8 Å². The number of rotatable bonds is 9. The fourth-order valence-corrected chi connectivity index (χ4v) is 1.92. The Labute approximate surface area is 145 Å². The summed E-state index contributed by atoms with van der Waals surface area (Å²) in [7, 11) is 0. The second-order valence-electron chi connectivity index (χ2n) is 4.86. The Morgan fingerprint density at radius 3 is 2.44 bits per heavy atom. The van der Waals surface area contributed by atoms with Crippen molar-refractivity contribution in [1.29, 1.82) is 0 Å². The maximum atomic E-state index is 11.8. The van der Waals surface area contributed by atoms with Gasteiger partial charge in [0.1, 0.15) is 5.69 Å². The highest BCUT2D eigenvalue weighted by molar-refractivity contribution is 5.91. The molecule has 1 aromatic heterocycles. The van der Waals surface area contributed by atoms with Crippen molar-refractivity contribution in [3.63, 3.8) is 0 Å². The summed E-state index contributed by atoms with van der Waals surface area (Å²) < 4.78 is 10.9. The van der Waals surface area contributed by atoms with Gasteiger partial charge in [-0.05, 0) is 19.1 Å². The number of carbonyl (C=O) groups excluding carboxylic acids is 2. The van der Waals surface area contributed by atoms with E-state index < -0.39 is 0 Å². The van der Waals surface area contributed by atoms with E-state index in [9.17, 15) is 9.59 Å². The average molecular weight is 344 g/mol. The van der Waals surface area contributed by atoms with E-state index in [-0.39, 0.29) is 37.2 Å². The minimum atomic E-state index is -0.343. The van der Waals surface area contributed by atoms with Crippen LogP contribution in [0.2, 0.25) is 0 Å². The molecule has 25 heavy (non-hydrogen) atoms. The van der Waals surface area contributed by atoms with Crippen molar-refractivity contribution in [2.24, 2.45) is 0 Å². The Morgan fingerprint density at radius 1 is 1.04 bits per heavy atom. The quantitative estimate of drug-likeness (QED) is 0.652. The number of benzene rings is 1. The largest absolute Gasteiger partial charge is 0.490 e. The van der Waals surface area contributed by atoms with E-state index >= 15 is 0 Å². The Bertz CT molecular complexity index is 694. The number of carbonyl (C=O) groups is 2. The van der Waals surface area contributed by atoms with Crippen molar-refractivity contribution in [3.05, 3.63) is 48.5 Å². The van der Waals surface area contributed by atoms with Gasteiger partial charge in [0.05, 0.1) is 12.8 Å². The Hall–Kier alpha value is -3.16. The number of ether oxygens (including phenoxy) is 2. The van der Waals surface area contributed by atoms with Crippen LogP contribution in [0.3, 0.4) is 0 Å². The van der Waals surface area contributed by atoms with Gasteiger partial charge in [-0.2, -0.15) is 0 Å². The van der Waals surface area contributed by atoms with Crippen LogP contribution < -0.4 is 20.1 Å². The minimum Gasteiger partial charge on any atom is -0.490 e. The molecule has 2 N–H and O–H groups in total. The average Bonchev–Trinajstić information content (AvgIpc) is 2.65. The molecule has 0 aliphatic carbocycles. The van der Waals surface area contributed by atoms with E-state index in [2.05, 4.69) is 20.6 Å². The molecule has 0 atom stereocenters. The first-order valence-electron chi connectivity index (χ1n) is 7.86. The van der Waals surface area contributed by atoms with Gasteiger partial charge in [0.2, 0.25) is 0 Å². The molecule has 0 aliphatic heterocycles. The zero-order chi connectivity index (χ0) is 17.9. The first kappa shape index (κ1) is 18.2. The fraction of sp³-hybridized carbons (Fsp3) is 0.294. The molecule has 0 unspecified atom stereocenters. The molecule has 0 saturated carbocycles. The molecule has 132 valence electrons. The third-order valence-electron chi connectivity index (χ3n) is 3.04. The lowest BCUT2D eigenvalue weighted by Crippen LogP contribution is -2.37. The van der Waals surface area contributed by atoms with E-state index in [4.69, 9.17) is 9.47 Å². The highest BCUT2D eigenvalue weighted by atomic mass is 16.5. The topological polar surface area (TPSA) is 102 Å². The van der Waals surface area contributed by atoms with Crippen LogP contribution in [0.15, 0.2) is 42.9 Å². The molecule has 2 rings (SSSR count). The molecular weight excluding hydrogens is 324 g/mol. The molecule has 0 aliphatic rings. The number of nitrogens with one attached hydrogen (secondary N) is 2. The van der Waals surface area contributed by atoms with Crippen molar-refractivity contribution in [1.82, 2.24) is 20.6 Å². The molecule has 8 heteroatoms. The van der Waals surface area contributed by atoms with Crippen LogP contribution in [0.25, 0.3) is 0 Å². The maximum absolute atomic E-state index is 11.8. The third-order valence-corrected chi connectivity index (χ3v) is 3.04. The first-order chi connectivity index (χ1) is 12.2. The molecule has 0 spiro atoms. The summed E-state index contributed by atoms with van der Waals surface area (Å²) in [5.41, 5.74) is 0.227. The highest BCUT2D eigenvalue weighted by Gasteiger charge is 2.08. The first-order valence-corrected chi connectivity index (χ1v) is 7.86. The predicted molar refractivity (Wildman–Crippen MR) is 90.5 cm³/mol. The lowest BCUT2D eigenvalue weighted by molar-refractivity contribution is -0.123. The number of hydrogen-bond donors (Lipinski definition) is 2. The number of aromatic nitrogens is 2. The van der Waals surface area contributed by atoms with Crippen LogP contribution in [0.5, 0.6) is 11.5 Å². The van der Waals surface area contributed by atoms with Crippen molar-refractivity contribution in [3.8, 4) is 11.5 Å². The summed E-state index contributed by atoms with van der Waals surface area (Å²) in [5, 5.41) is 5.29. The standard InChI is InChI=1S/C17H20N4O4/c1-2-24-14-5-3-4-6-15(14)25-12-16(22)20-9-10-21-17(23)13-11-18-7-8-19-13/h3-8,11H,2,9-10,12H2,1H3,(H,20,22)(H,21,23). The van der Waals surface area contributed by atoms with Gasteiger partial charge < -0.3 is 20.1 Å². The normalized spacial score (nSPS) is 9.96. The SMILES string of the molecule is CCOc1ccccc1OCC(=O)NCCNC(=O)c1cnccn1. The van der Waals surface area contributed by atoms with E-state index in [1.807, 2.05) is 13.0 Å². The molecule has 0 fully saturated rings. The molecule has 0 saturated heterocycles.